The lowest BCUT2D eigenvalue weighted by Gasteiger charge is -2.22. The van der Waals surface area contributed by atoms with Crippen molar-refractivity contribution in [1.82, 2.24) is 15.3 Å². The number of H-pyrrole nitrogens is 1. The predicted molar refractivity (Wildman–Crippen MR) is 114 cm³/mol. The van der Waals surface area contributed by atoms with E-state index in [2.05, 4.69) is 15.3 Å². The zero-order chi connectivity index (χ0) is 22.9. The summed E-state index contributed by atoms with van der Waals surface area (Å²) in [6.45, 7) is 1.87. The lowest BCUT2D eigenvalue weighted by Crippen LogP contribution is -2.29. The monoisotopic (exact) mass is 439 g/mol. The number of benzene rings is 1. The Morgan fingerprint density at radius 1 is 1.19 bits per heavy atom. The average molecular weight is 439 g/mol. The molecule has 0 saturated heterocycles. The number of hydrogen-bond donors (Lipinski definition) is 2. The summed E-state index contributed by atoms with van der Waals surface area (Å²) in [5.74, 6) is -1.43. The van der Waals surface area contributed by atoms with Crippen molar-refractivity contribution in [2.75, 3.05) is 0 Å². The van der Waals surface area contributed by atoms with Crippen LogP contribution in [0, 0.1) is 5.92 Å². The molecule has 1 amide bonds. The minimum absolute atomic E-state index is 0.0539. The summed E-state index contributed by atoms with van der Waals surface area (Å²) in [6.07, 6.45) is 1.60. The highest BCUT2D eigenvalue weighted by molar-refractivity contribution is 6.06. The SMILES string of the molecule is CC1=CC(c2ccccc2C(F)(F)F)=CC(=O)C1CC(=O)NCc1cc2cc[nH]c2cn1. The van der Waals surface area contributed by atoms with Crippen molar-refractivity contribution in [3.63, 3.8) is 0 Å². The lowest BCUT2D eigenvalue weighted by atomic mass is 9.83. The molecule has 2 aromatic heterocycles. The normalized spacial score (nSPS) is 16.6. The van der Waals surface area contributed by atoms with Gasteiger partial charge in [-0.15, -0.1) is 0 Å². The lowest BCUT2D eigenvalue weighted by molar-refractivity contribution is -0.137. The first-order chi connectivity index (χ1) is 15.2. The molecule has 4 rings (SSSR count). The maximum Gasteiger partial charge on any atom is 0.417 e. The van der Waals surface area contributed by atoms with Gasteiger partial charge in [-0.25, -0.2) is 0 Å². The van der Waals surface area contributed by atoms with E-state index in [0.717, 1.165) is 17.0 Å². The van der Waals surface area contributed by atoms with Crippen LogP contribution in [0.15, 0.2) is 66.5 Å². The Hall–Kier alpha value is -3.68. The van der Waals surface area contributed by atoms with Crippen LogP contribution in [0.25, 0.3) is 16.5 Å². The molecule has 0 spiro atoms. The zero-order valence-electron chi connectivity index (χ0n) is 17.2. The Bertz CT molecular complexity index is 1250. The number of aromatic amines is 1. The fourth-order valence-corrected chi connectivity index (χ4v) is 3.80. The molecule has 2 heterocycles. The predicted octanol–water partition coefficient (Wildman–Crippen LogP) is 4.82. The van der Waals surface area contributed by atoms with Crippen LogP contribution in [0.2, 0.25) is 0 Å². The van der Waals surface area contributed by atoms with Gasteiger partial charge in [0.25, 0.3) is 0 Å². The second-order valence-corrected chi connectivity index (χ2v) is 7.71. The van der Waals surface area contributed by atoms with E-state index in [1.54, 1.807) is 25.4 Å². The molecule has 0 fully saturated rings. The molecule has 1 aliphatic rings. The Morgan fingerprint density at radius 2 is 1.97 bits per heavy atom. The number of pyridine rings is 1. The third-order valence-electron chi connectivity index (χ3n) is 5.47. The summed E-state index contributed by atoms with van der Waals surface area (Å²) in [7, 11) is 0. The minimum atomic E-state index is -4.53. The van der Waals surface area contributed by atoms with E-state index in [-0.39, 0.29) is 35.8 Å². The number of carbonyl (C=O) groups is 2. The Labute approximate surface area is 182 Å². The van der Waals surface area contributed by atoms with Crippen molar-refractivity contribution >= 4 is 28.2 Å². The largest absolute Gasteiger partial charge is 0.417 e. The van der Waals surface area contributed by atoms with E-state index in [1.807, 2.05) is 12.1 Å². The van der Waals surface area contributed by atoms with Gasteiger partial charge in [-0.3, -0.25) is 14.6 Å². The van der Waals surface area contributed by atoms with Crippen LogP contribution < -0.4 is 5.32 Å². The maximum atomic E-state index is 13.3. The van der Waals surface area contributed by atoms with Gasteiger partial charge < -0.3 is 10.3 Å². The van der Waals surface area contributed by atoms with Crippen molar-refractivity contribution in [3.8, 4) is 0 Å². The third kappa shape index (κ3) is 4.49. The highest BCUT2D eigenvalue weighted by Gasteiger charge is 2.35. The average Bonchev–Trinajstić information content (AvgIpc) is 3.22. The number of nitrogens with one attached hydrogen (secondary N) is 2. The summed E-state index contributed by atoms with van der Waals surface area (Å²) in [4.78, 5) is 32.4. The Balaban J connectivity index is 1.44. The number of carbonyl (C=O) groups excluding carboxylic acids is 2. The topological polar surface area (TPSA) is 74.8 Å². The molecule has 3 aromatic rings. The van der Waals surface area contributed by atoms with Gasteiger partial charge in [0, 0.05) is 18.0 Å². The molecular formula is C24H20F3N3O2. The van der Waals surface area contributed by atoms with Gasteiger partial charge in [-0.1, -0.05) is 29.8 Å². The van der Waals surface area contributed by atoms with Crippen molar-refractivity contribution < 1.29 is 22.8 Å². The zero-order valence-corrected chi connectivity index (χ0v) is 17.2. The Morgan fingerprint density at radius 3 is 2.72 bits per heavy atom. The van der Waals surface area contributed by atoms with E-state index < -0.39 is 17.7 Å². The van der Waals surface area contributed by atoms with Crippen molar-refractivity contribution in [2.45, 2.75) is 26.1 Å². The number of ketones is 1. The molecule has 164 valence electrons. The van der Waals surface area contributed by atoms with Crippen LogP contribution in [-0.2, 0) is 22.3 Å². The van der Waals surface area contributed by atoms with Crippen LogP contribution in [0.1, 0.15) is 30.2 Å². The summed E-state index contributed by atoms with van der Waals surface area (Å²) in [5.41, 5.74) is 1.46. The minimum Gasteiger partial charge on any atom is -0.360 e. The fraction of sp³-hybridized carbons (Fsp3) is 0.208. The number of halogens is 3. The van der Waals surface area contributed by atoms with Crippen LogP contribution in [0.3, 0.4) is 0 Å². The summed E-state index contributed by atoms with van der Waals surface area (Å²) >= 11 is 0. The van der Waals surface area contributed by atoms with Gasteiger partial charge in [0.2, 0.25) is 5.91 Å². The number of amides is 1. The molecule has 0 bridgehead atoms. The summed E-state index contributed by atoms with van der Waals surface area (Å²) in [6, 6.07) is 8.89. The number of hydrogen-bond acceptors (Lipinski definition) is 3. The number of nitrogens with zero attached hydrogens (tertiary/aromatic N) is 1. The van der Waals surface area contributed by atoms with E-state index in [4.69, 9.17) is 0 Å². The Kier molecular flexibility index (Phi) is 5.69. The highest BCUT2D eigenvalue weighted by Crippen LogP contribution is 2.37. The first-order valence-electron chi connectivity index (χ1n) is 10.0. The summed E-state index contributed by atoms with van der Waals surface area (Å²) in [5, 5.41) is 3.73. The molecular weight excluding hydrogens is 419 g/mol. The molecule has 5 nitrogen and oxygen atoms in total. The number of alkyl halides is 3. The van der Waals surface area contributed by atoms with Crippen LogP contribution in [-0.4, -0.2) is 21.7 Å². The van der Waals surface area contributed by atoms with Gasteiger partial charge in [-0.2, -0.15) is 13.2 Å². The van der Waals surface area contributed by atoms with Gasteiger partial charge in [0.1, 0.15) is 0 Å². The maximum absolute atomic E-state index is 13.3. The highest BCUT2D eigenvalue weighted by atomic mass is 19.4. The van der Waals surface area contributed by atoms with E-state index in [0.29, 0.717) is 11.3 Å². The summed E-state index contributed by atoms with van der Waals surface area (Å²) < 4.78 is 40.0. The standard InChI is InChI=1S/C24H20F3N3O2/c1-14-8-16(18-4-2-3-5-20(18)24(25,26)27)10-22(31)19(14)11-23(32)30-12-17-9-15-6-7-28-21(15)13-29-17/h2-10,13,19,28H,11-12H2,1H3,(H,30,32). The van der Waals surface area contributed by atoms with Crippen LogP contribution in [0.4, 0.5) is 13.2 Å². The molecule has 1 aromatic carbocycles. The number of allylic oxidation sites excluding steroid dienone is 4. The number of aromatic nitrogens is 2. The smallest absolute Gasteiger partial charge is 0.360 e. The van der Waals surface area contributed by atoms with Crippen molar-refractivity contribution in [3.05, 3.63) is 83.3 Å². The van der Waals surface area contributed by atoms with Crippen LogP contribution >= 0.6 is 0 Å². The molecule has 32 heavy (non-hydrogen) atoms. The van der Waals surface area contributed by atoms with Crippen molar-refractivity contribution in [2.24, 2.45) is 5.92 Å². The molecule has 0 saturated carbocycles. The molecule has 1 aliphatic carbocycles. The first-order valence-corrected chi connectivity index (χ1v) is 10.0. The van der Waals surface area contributed by atoms with Crippen LogP contribution in [0.5, 0.6) is 0 Å². The molecule has 1 unspecified atom stereocenters. The first kappa shape index (κ1) is 21.5. The third-order valence-corrected chi connectivity index (χ3v) is 5.47. The second-order valence-electron chi connectivity index (χ2n) is 7.71. The van der Waals surface area contributed by atoms with Crippen molar-refractivity contribution in [1.29, 1.82) is 0 Å². The molecule has 2 N–H and O–H groups in total. The van der Waals surface area contributed by atoms with Gasteiger partial charge in [0.05, 0.1) is 35.4 Å². The van der Waals surface area contributed by atoms with E-state index >= 15 is 0 Å². The van der Waals surface area contributed by atoms with Gasteiger partial charge in [0.15, 0.2) is 5.78 Å². The van der Waals surface area contributed by atoms with E-state index in [9.17, 15) is 22.8 Å². The number of rotatable bonds is 5. The van der Waals surface area contributed by atoms with E-state index in [1.165, 1.54) is 24.3 Å². The van der Waals surface area contributed by atoms with Gasteiger partial charge >= 0.3 is 6.18 Å². The molecule has 1 atom stereocenters. The molecule has 0 radical (unpaired) electrons. The molecule has 8 heteroatoms. The second kappa shape index (κ2) is 8.45. The van der Waals surface area contributed by atoms with Gasteiger partial charge in [-0.05, 0) is 42.3 Å². The number of fused-ring (bicyclic) bond motifs is 1. The molecule has 0 aliphatic heterocycles. The quantitative estimate of drug-likeness (QED) is 0.599. The fourth-order valence-electron chi connectivity index (χ4n) is 3.80.